The molecule has 0 atom stereocenters. The molecule has 0 aliphatic heterocycles. The quantitative estimate of drug-likeness (QED) is 0.647. The second-order valence-electron chi connectivity index (χ2n) is 4.16. The molecular formula is C13H11BrN2O4S. The largest absolute Gasteiger partial charge is 0.273 e. The second kappa shape index (κ2) is 6.33. The normalized spacial score (nSPS) is 11.3. The summed E-state index contributed by atoms with van der Waals surface area (Å²) in [4.78, 5) is 10.4. The van der Waals surface area contributed by atoms with Crippen molar-refractivity contribution in [1.29, 1.82) is 0 Å². The number of para-hydroxylation sites is 1. The van der Waals surface area contributed by atoms with Gasteiger partial charge in [0, 0.05) is 22.6 Å². The maximum atomic E-state index is 12.1. The maximum Gasteiger partial charge on any atom is 0.273 e. The number of nitrogens with zero attached hydrogens (tertiary/aromatic N) is 1. The molecular weight excluding hydrogens is 360 g/mol. The van der Waals surface area contributed by atoms with Crippen LogP contribution in [0.2, 0.25) is 0 Å². The summed E-state index contributed by atoms with van der Waals surface area (Å²) in [7, 11) is -3.71. The molecule has 0 saturated carbocycles. The minimum atomic E-state index is -3.71. The molecule has 0 unspecified atom stereocenters. The predicted molar refractivity (Wildman–Crippen MR) is 81.3 cm³/mol. The first kappa shape index (κ1) is 15.6. The first-order valence-corrected chi connectivity index (χ1v) is 8.15. The number of nitro groups is 1. The monoisotopic (exact) mass is 370 g/mol. The molecule has 0 bridgehead atoms. The van der Waals surface area contributed by atoms with Gasteiger partial charge in [-0.3, -0.25) is 10.1 Å². The summed E-state index contributed by atoms with van der Waals surface area (Å²) < 4.78 is 27.3. The van der Waals surface area contributed by atoms with Crippen molar-refractivity contribution in [1.82, 2.24) is 4.72 Å². The Morgan fingerprint density at radius 3 is 2.33 bits per heavy atom. The summed E-state index contributed by atoms with van der Waals surface area (Å²) in [6.45, 7) is -0.143. The van der Waals surface area contributed by atoms with Crippen LogP contribution in [-0.2, 0) is 16.6 Å². The highest BCUT2D eigenvalue weighted by atomic mass is 79.9. The average molecular weight is 371 g/mol. The van der Waals surface area contributed by atoms with E-state index in [2.05, 4.69) is 20.7 Å². The van der Waals surface area contributed by atoms with Crippen LogP contribution < -0.4 is 4.72 Å². The minimum absolute atomic E-state index is 0.101. The Morgan fingerprint density at radius 1 is 1.10 bits per heavy atom. The van der Waals surface area contributed by atoms with Gasteiger partial charge < -0.3 is 0 Å². The zero-order chi connectivity index (χ0) is 15.5. The van der Waals surface area contributed by atoms with Crippen LogP contribution in [0, 0.1) is 10.1 Å². The van der Waals surface area contributed by atoms with E-state index in [1.54, 1.807) is 18.2 Å². The van der Waals surface area contributed by atoms with Crippen molar-refractivity contribution in [3.63, 3.8) is 0 Å². The first-order valence-electron chi connectivity index (χ1n) is 5.88. The Bertz CT molecular complexity index is 760. The molecule has 0 saturated heterocycles. The summed E-state index contributed by atoms with van der Waals surface area (Å²) in [5.74, 6) is 0. The van der Waals surface area contributed by atoms with Gasteiger partial charge >= 0.3 is 0 Å². The lowest BCUT2D eigenvalue weighted by Gasteiger charge is -2.07. The van der Waals surface area contributed by atoms with Gasteiger partial charge in [-0.05, 0) is 24.3 Å². The van der Waals surface area contributed by atoms with Gasteiger partial charge in [0.05, 0.1) is 9.82 Å². The number of halogens is 1. The van der Waals surface area contributed by atoms with Crippen molar-refractivity contribution in [3.05, 3.63) is 68.7 Å². The van der Waals surface area contributed by atoms with Gasteiger partial charge in [0.2, 0.25) is 10.0 Å². The van der Waals surface area contributed by atoms with Crippen molar-refractivity contribution < 1.29 is 13.3 Å². The van der Waals surface area contributed by atoms with E-state index in [1.165, 1.54) is 30.3 Å². The Morgan fingerprint density at radius 2 is 1.71 bits per heavy atom. The van der Waals surface area contributed by atoms with Gasteiger partial charge in [-0.2, -0.15) is 0 Å². The Kier molecular flexibility index (Phi) is 4.71. The summed E-state index contributed by atoms with van der Waals surface area (Å²) in [6.07, 6.45) is 0. The van der Waals surface area contributed by atoms with Gasteiger partial charge in [-0.15, -0.1) is 0 Å². The second-order valence-corrected chi connectivity index (χ2v) is 6.85. The van der Waals surface area contributed by atoms with Crippen LogP contribution in [0.25, 0.3) is 0 Å². The van der Waals surface area contributed by atoms with E-state index < -0.39 is 14.9 Å². The van der Waals surface area contributed by atoms with Crippen molar-refractivity contribution in [2.45, 2.75) is 11.4 Å². The highest BCUT2D eigenvalue weighted by molar-refractivity contribution is 9.10. The Balaban J connectivity index is 2.19. The molecule has 0 radical (unpaired) electrons. The van der Waals surface area contributed by atoms with Gasteiger partial charge in [-0.25, -0.2) is 13.1 Å². The fraction of sp³-hybridized carbons (Fsp3) is 0.0769. The summed E-state index contributed by atoms with van der Waals surface area (Å²) in [5.41, 5.74) is 0.194. The third-order valence-electron chi connectivity index (χ3n) is 2.76. The van der Waals surface area contributed by atoms with E-state index in [1.807, 2.05) is 0 Å². The average Bonchev–Trinajstić information content (AvgIpc) is 2.46. The van der Waals surface area contributed by atoms with Crippen LogP contribution in [-0.4, -0.2) is 13.3 Å². The van der Waals surface area contributed by atoms with E-state index in [9.17, 15) is 18.5 Å². The molecule has 2 aromatic carbocycles. The molecule has 2 rings (SSSR count). The number of hydrogen-bond donors (Lipinski definition) is 1. The molecule has 8 heteroatoms. The molecule has 21 heavy (non-hydrogen) atoms. The van der Waals surface area contributed by atoms with Gasteiger partial charge in [0.15, 0.2) is 0 Å². The van der Waals surface area contributed by atoms with Gasteiger partial charge in [-0.1, -0.05) is 34.1 Å². The van der Waals surface area contributed by atoms with Crippen LogP contribution in [0.4, 0.5) is 5.69 Å². The number of nitro benzene ring substituents is 1. The smallest absolute Gasteiger partial charge is 0.258 e. The zero-order valence-electron chi connectivity index (χ0n) is 10.7. The zero-order valence-corrected chi connectivity index (χ0v) is 13.1. The van der Waals surface area contributed by atoms with E-state index in [-0.39, 0.29) is 17.1 Å². The minimum Gasteiger partial charge on any atom is -0.258 e. The Hall–Kier alpha value is -1.77. The molecule has 0 amide bonds. The standard InChI is InChI=1S/C13H11BrN2O4S/c14-11-5-7-12(8-6-11)21(19,20)15-9-10-3-1-2-4-13(10)16(17)18/h1-8,15H,9H2. The fourth-order valence-corrected chi connectivity index (χ4v) is 2.98. The van der Waals surface area contributed by atoms with Crippen molar-refractivity contribution in [3.8, 4) is 0 Å². The summed E-state index contributed by atoms with van der Waals surface area (Å²) >= 11 is 3.22. The van der Waals surface area contributed by atoms with Crippen LogP contribution in [0.3, 0.4) is 0 Å². The van der Waals surface area contributed by atoms with Crippen LogP contribution in [0.5, 0.6) is 0 Å². The van der Waals surface area contributed by atoms with Crippen LogP contribution in [0.15, 0.2) is 57.9 Å². The SMILES string of the molecule is O=[N+]([O-])c1ccccc1CNS(=O)(=O)c1ccc(Br)cc1. The predicted octanol–water partition coefficient (Wildman–Crippen LogP) is 2.84. The molecule has 0 aliphatic carbocycles. The van der Waals surface area contributed by atoms with Crippen molar-refractivity contribution in [2.75, 3.05) is 0 Å². The topological polar surface area (TPSA) is 89.3 Å². The fourth-order valence-electron chi connectivity index (χ4n) is 1.71. The first-order chi connectivity index (χ1) is 9.90. The molecule has 1 N–H and O–H groups in total. The molecule has 6 nitrogen and oxygen atoms in total. The molecule has 0 spiro atoms. The molecule has 2 aromatic rings. The lowest BCUT2D eigenvalue weighted by molar-refractivity contribution is -0.385. The molecule has 0 fully saturated rings. The van der Waals surface area contributed by atoms with Gasteiger partial charge in [0.1, 0.15) is 0 Å². The van der Waals surface area contributed by atoms with Crippen molar-refractivity contribution >= 4 is 31.6 Å². The summed E-state index contributed by atoms with van der Waals surface area (Å²) in [6, 6.07) is 12.1. The molecule has 0 aromatic heterocycles. The van der Waals surface area contributed by atoms with E-state index in [0.717, 1.165) is 4.47 Å². The lowest BCUT2D eigenvalue weighted by Crippen LogP contribution is -2.23. The molecule has 0 aliphatic rings. The van der Waals surface area contributed by atoms with Gasteiger partial charge in [0.25, 0.3) is 5.69 Å². The highest BCUT2D eigenvalue weighted by Crippen LogP contribution is 2.19. The number of nitrogens with one attached hydrogen (secondary N) is 1. The third kappa shape index (κ3) is 3.87. The van der Waals surface area contributed by atoms with Crippen molar-refractivity contribution in [2.24, 2.45) is 0 Å². The number of rotatable bonds is 5. The molecule has 110 valence electrons. The number of hydrogen-bond acceptors (Lipinski definition) is 4. The van der Waals surface area contributed by atoms with E-state index >= 15 is 0 Å². The highest BCUT2D eigenvalue weighted by Gasteiger charge is 2.17. The van der Waals surface area contributed by atoms with E-state index in [4.69, 9.17) is 0 Å². The number of benzene rings is 2. The maximum absolute atomic E-state index is 12.1. The summed E-state index contributed by atoms with van der Waals surface area (Å²) in [5, 5.41) is 10.9. The Labute approximate surface area is 130 Å². The van der Waals surface area contributed by atoms with Crippen LogP contribution in [0.1, 0.15) is 5.56 Å². The van der Waals surface area contributed by atoms with E-state index in [0.29, 0.717) is 5.56 Å². The molecule has 0 heterocycles. The third-order valence-corrected chi connectivity index (χ3v) is 4.71. The van der Waals surface area contributed by atoms with Crippen LogP contribution >= 0.6 is 15.9 Å². The number of sulfonamides is 1. The lowest BCUT2D eigenvalue weighted by atomic mass is 10.2.